The van der Waals surface area contributed by atoms with Crippen LogP contribution in [0.15, 0.2) is 0 Å². The Kier molecular flexibility index (Phi) is 6.03. The summed E-state index contributed by atoms with van der Waals surface area (Å²) in [6.45, 7) is 5.57. The van der Waals surface area contributed by atoms with Gasteiger partial charge in [-0.3, -0.25) is 4.79 Å². The van der Waals surface area contributed by atoms with E-state index in [4.69, 9.17) is 10.8 Å². The third-order valence-corrected chi connectivity index (χ3v) is 3.03. The van der Waals surface area contributed by atoms with Gasteiger partial charge in [-0.05, 0) is 12.3 Å². The van der Waals surface area contributed by atoms with Gasteiger partial charge in [-0.15, -0.1) is 0 Å². The van der Waals surface area contributed by atoms with Crippen LogP contribution in [-0.4, -0.2) is 41.0 Å². The zero-order valence-electron chi connectivity index (χ0n) is 10.4. The minimum Gasteiger partial charge on any atom is -0.480 e. The second-order valence-electron chi connectivity index (χ2n) is 4.12. The highest BCUT2D eigenvalue weighted by Crippen LogP contribution is 2.11. The molecule has 0 heterocycles. The molecule has 0 aliphatic carbocycles. The van der Waals surface area contributed by atoms with Crippen LogP contribution in [0.25, 0.3) is 0 Å². The molecule has 0 radical (unpaired) electrons. The standard InChI is InChI=1S/C11H22N2O3/c1-5-7(3)9(12)10(14)13(4)8(6-2)11(15)16/h7-9H,5-6,12H2,1-4H3,(H,15,16)/t7-,8?,9-/m0/s1. The van der Waals surface area contributed by atoms with E-state index in [-0.39, 0.29) is 11.8 Å². The number of carbonyl (C=O) groups is 2. The van der Waals surface area contributed by atoms with E-state index < -0.39 is 18.1 Å². The van der Waals surface area contributed by atoms with Crippen molar-refractivity contribution in [2.45, 2.75) is 45.7 Å². The average Bonchev–Trinajstić information content (AvgIpc) is 2.26. The van der Waals surface area contributed by atoms with Crippen molar-refractivity contribution in [2.75, 3.05) is 7.05 Å². The van der Waals surface area contributed by atoms with Crippen LogP contribution in [-0.2, 0) is 9.59 Å². The predicted octanol–water partition coefficient (Wildman–Crippen LogP) is 0.681. The Bertz CT molecular complexity index is 256. The van der Waals surface area contributed by atoms with E-state index in [1.807, 2.05) is 13.8 Å². The molecule has 16 heavy (non-hydrogen) atoms. The molecule has 94 valence electrons. The second-order valence-corrected chi connectivity index (χ2v) is 4.12. The molecule has 3 N–H and O–H groups in total. The minimum atomic E-state index is -0.991. The molecule has 0 aromatic rings. The van der Waals surface area contributed by atoms with Gasteiger partial charge in [-0.2, -0.15) is 0 Å². The SMILES string of the molecule is CCC(C(=O)O)N(C)C(=O)[C@@H](N)[C@@H](C)CC. The molecule has 0 saturated heterocycles. The molecule has 5 nitrogen and oxygen atoms in total. The highest BCUT2D eigenvalue weighted by molar-refractivity contribution is 5.86. The van der Waals surface area contributed by atoms with Crippen molar-refractivity contribution in [3.05, 3.63) is 0 Å². The number of nitrogens with zero attached hydrogens (tertiary/aromatic N) is 1. The Morgan fingerprint density at radius 3 is 2.12 bits per heavy atom. The first-order valence-electron chi connectivity index (χ1n) is 5.61. The Morgan fingerprint density at radius 2 is 1.81 bits per heavy atom. The maximum Gasteiger partial charge on any atom is 0.326 e. The molecule has 0 saturated carbocycles. The van der Waals surface area contributed by atoms with Gasteiger partial charge in [0.2, 0.25) is 5.91 Å². The summed E-state index contributed by atoms with van der Waals surface area (Å²) in [6, 6.07) is -1.41. The number of aliphatic carboxylic acids is 1. The van der Waals surface area contributed by atoms with Crippen molar-refractivity contribution in [2.24, 2.45) is 11.7 Å². The van der Waals surface area contributed by atoms with Gasteiger partial charge in [0.1, 0.15) is 6.04 Å². The van der Waals surface area contributed by atoms with Crippen LogP contribution < -0.4 is 5.73 Å². The molecule has 0 rings (SSSR count). The van der Waals surface area contributed by atoms with Crippen molar-refractivity contribution in [1.82, 2.24) is 4.90 Å². The van der Waals surface area contributed by atoms with E-state index in [2.05, 4.69) is 0 Å². The van der Waals surface area contributed by atoms with Crippen molar-refractivity contribution in [1.29, 1.82) is 0 Å². The molecular formula is C11H22N2O3. The summed E-state index contributed by atoms with van der Waals surface area (Å²) >= 11 is 0. The summed E-state index contributed by atoms with van der Waals surface area (Å²) in [6.07, 6.45) is 1.18. The average molecular weight is 230 g/mol. The smallest absolute Gasteiger partial charge is 0.326 e. The van der Waals surface area contributed by atoms with E-state index >= 15 is 0 Å². The maximum absolute atomic E-state index is 11.9. The fourth-order valence-corrected chi connectivity index (χ4v) is 1.50. The van der Waals surface area contributed by atoms with E-state index in [0.29, 0.717) is 6.42 Å². The summed E-state index contributed by atoms with van der Waals surface area (Å²) in [7, 11) is 1.49. The van der Waals surface area contributed by atoms with Crippen molar-refractivity contribution >= 4 is 11.9 Å². The summed E-state index contributed by atoms with van der Waals surface area (Å²) in [4.78, 5) is 24.0. The molecule has 0 fully saturated rings. The number of hydrogen-bond acceptors (Lipinski definition) is 3. The van der Waals surface area contributed by atoms with Gasteiger partial charge >= 0.3 is 5.97 Å². The van der Waals surface area contributed by atoms with Crippen LogP contribution in [0.3, 0.4) is 0 Å². The molecule has 0 aliphatic heterocycles. The summed E-state index contributed by atoms with van der Waals surface area (Å²) in [5, 5.41) is 8.94. The van der Waals surface area contributed by atoms with Crippen molar-refractivity contribution in [3.8, 4) is 0 Å². The van der Waals surface area contributed by atoms with Crippen LogP contribution >= 0.6 is 0 Å². The molecule has 5 heteroatoms. The van der Waals surface area contributed by atoms with E-state index in [9.17, 15) is 9.59 Å². The molecule has 0 spiro atoms. The fourth-order valence-electron chi connectivity index (χ4n) is 1.50. The Hall–Kier alpha value is -1.10. The number of hydrogen-bond donors (Lipinski definition) is 2. The van der Waals surface area contributed by atoms with Gasteiger partial charge in [0.25, 0.3) is 0 Å². The lowest BCUT2D eigenvalue weighted by Crippen LogP contribution is -2.51. The molecule has 0 aromatic carbocycles. The predicted molar refractivity (Wildman–Crippen MR) is 61.9 cm³/mol. The second kappa shape index (κ2) is 6.48. The van der Waals surface area contributed by atoms with Crippen LogP contribution in [0.1, 0.15) is 33.6 Å². The Balaban J connectivity index is 4.65. The normalized spacial score (nSPS) is 16.3. The largest absolute Gasteiger partial charge is 0.480 e. The van der Waals surface area contributed by atoms with E-state index in [0.717, 1.165) is 6.42 Å². The monoisotopic (exact) mass is 230 g/mol. The van der Waals surface area contributed by atoms with Gasteiger partial charge in [0, 0.05) is 7.05 Å². The molecule has 1 unspecified atom stereocenters. The lowest BCUT2D eigenvalue weighted by molar-refractivity contribution is -0.150. The number of rotatable bonds is 6. The lowest BCUT2D eigenvalue weighted by atomic mass is 9.98. The first-order valence-corrected chi connectivity index (χ1v) is 5.61. The quantitative estimate of drug-likeness (QED) is 0.703. The highest BCUT2D eigenvalue weighted by atomic mass is 16.4. The van der Waals surface area contributed by atoms with Gasteiger partial charge in [-0.1, -0.05) is 27.2 Å². The third kappa shape index (κ3) is 3.48. The summed E-state index contributed by atoms with van der Waals surface area (Å²) in [5.41, 5.74) is 5.78. The maximum atomic E-state index is 11.9. The van der Waals surface area contributed by atoms with Gasteiger partial charge in [-0.25, -0.2) is 4.79 Å². The first-order chi connectivity index (χ1) is 7.36. The molecule has 3 atom stereocenters. The molecule has 0 aliphatic rings. The minimum absolute atomic E-state index is 0.0567. The zero-order chi connectivity index (χ0) is 12.9. The Morgan fingerprint density at radius 1 is 1.31 bits per heavy atom. The van der Waals surface area contributed by atoms with Crippen molar-refractivity contribution < 1.29 is 14.7 Å². The van der Waals surface area contributed by atoms with Crippen LogP contribution in [0.2, 0.25) is 0 Å². The molecular weight excluding hydrogens is 208 g/mol. The summed E-state index contributed by atoms with van der Waals surface area (Å²) in [5.74, 6) is -1.24. The number of carbonyl (C=O) groups excluding carboxylic acids is 1. The van der Waals surface area contributed by atoms with E-state index in [1.54, 1.807) is 6.92 Å². The number of carboxylic acid groups (broad SMARTS) is 1. The van der Waals surface area contributed by atoms with E-state index in [1.165, 1.54) is 11.9 Å². The van der Waals surface area contributed by atoms with Crippen LogP contribution in [0.5, 0.6) is 0 Å². The number of likely N-dealkylation sites (N-methyl/N-ethyl adjacent to an activating group) is 1. The third-order valence-electron chi connectivity index (χ3n) is 3.03. The Labute approximate surface area is 96.6 Å². The fraction of sp³-hybridized carbons (Fsp3) is 0.818. The van der Waals surface area contributed by atoms with Gasteiger partial charge in [0.05, 0.1) is 6.04 Å². The highest BCUT2D eigenvalue weighted by Gasteiger charge is 2.29. The van der Waals surface area contributed by atoms with Crippen LogP contribution in [0.4, 0.5) is 0 Å². The number of nitrogens with two attached hydrogens (primary N) is 1. The summed E-state index contributed by atoms with van der Waals surface area (Å²) < 4.78 is 0. The number of amides is 1. The molecule has 1 amide bonds. The zero-order valence-corrected chi connectivity index (χ0v) is 10.4. The lowest BCUT2D eigenvalue weighted by Gasteiger charge is -2.28. The first kappa shape index (κ1) is 14.9. The van der Waals surface area contributed by atoms with Crippen molar-refractivity contribution in [3.63, 3.8) is 0 Å². The molecule has 0 aromatic heterocycles. The van der Waals surface area contributed by atoms with Gasteiger partial charge in [0.15, 0.2) is 0 Å². The van der Waals surface area contributed by atoms with Crippen LogP contribution in [0, 0.1) is 5.92 Å². The number of carboxylic acids is 1. The topological polar surface area (TPSA) is 83.6 Å². The van der Waals surface area contributed by atoms with Gasteiger partial charge < -0.3 is 15.7 Å². The molecule has 0 bridgehead atoms.